The zero-order valence-electron chi connectivity index (χ0n) is 17.4. The van der Waals surface area contributed by atoms with Gasteiger partial charge in [0.2, 0.25) is 0 Å². The normalized spacial score (nSPS) is 18.3. The molecule has 0 aromatic carbocycles. The van der Waals surface area contributed by atoms with Crippen molar-refractivity contribution in [1.82, 2.24) is 0 Å². The fraction of sp³-hybridized carbons (Fsp3) is 1.00. The lowest BCUT2D eigenvalue weighted by Crippen LogP contribution is -2.22. The Kier molecular flexibility index (Phi) is 13.0. The summed E-state index contributed by atoms with van der Waals surface area (Å²) in [6.45, 7) is 12.8. The van der Waals surface area contributed by atoms with Crippen molar-refractivity contribution in [3.63, 3.8) is 0 Å². The molecule has 0 spiro atoms. The standard InChI is InChI=1S/C20H44O2P2/c1-7-11-13-15-17-23(21,9-3)20(19(5)6)24(22,10-4)18-16-14-12-8-2/h19-20H,7-18H2,1-6H3. The molecular formula is C20H44O2P2. The van der Waals surface area contributed by atoms with Gasteiger partial charge in [-0.15, -0.1) is 0 Å². The molecule has 0 saturated heterocycles. The minimum atomic E-state index is -2.36. The van der Waals surface area contributed by atoms with Crippen LogP contribution in [-0.2, 0) is 9.13 Å². The van der Waals surface area contributed by atoms with Crippen LogP contribution < -0.4 is 0 Å². The van der Waals surface area contributed by atoms with Gasteiger partial charge < -0.3 is 9.13 Å². The van der Waals surface area contributed by atoms with Gasteiger partial charge in [-0.3, -0.25) is 0 Å². The third kappa shape index (κ3) is 7.78. The summed E-state index contributed by atoms with van der Waals surface area (Å²) in [6, 6.07) is 0. The average molecular weight is 379 g/mol. The van der Waals surface area contributed by atoms with Crippen molar-refractivity contribution >= 4 is 14.3 Å². The van der Waals surface area contributed by atoms with E-state index in [2.05, 4.69) is 41.5 Å². The summed E-state index contributed by atoms with van der Waals surface area (Å²) in [6.07, 6.45) is 12.3. The average Bonchev–Trinajstić information content (AvgIpc) is 2.55. The van der Waals surface area contributed by atoms with E-state index in [0.717, 1.165) is 50.3 Å². The Labute approximate surface area is 152 Å². The number of unbranched alkanes of at least 4 members (excludes halogenated alkanes) is 6. The molecule has 0 saturated carbocycles. The van der Waals surface area contributed by atoms with E-state index in [0.29, 0.717) is 0 Å². The summed E-state index contributed by atoms with van der Waals surface area (Å²) in [7, 11) is -4.73. The Balaban J connectivity index is 5.21. The van der Waals surface area contributed by atoms with E-state index in [1.807, 2.05) is 0 Å². The molecule has 2 nitrogen and oxygen atoms in total. The highest BCUT2D eigenvalue weighted by atomic mass is 31.2. The van der Waals surface area contributed by atoms with Crippen LogP contribution in [0, 0.1) is 5.92 Å². The van der Waals surface area contributed by atoms with Crippen molar-refractivity contribution in [2.75, 3.05) is 24.6 Å². The predicted molar refractivity (Wildman–Crippen MR) is 113 cm³/mol. The second-order valence-corrected chi connectivity index (χ2v) is 15.3. The molecule has 0 aromatic rings. The summed E-state index contributed by atoms with van der Waals surface area (Å²) in [4.78, 5) is 0. The first kappa shape index (κ1) is 24.5. The highest BCUT2D eigenvalue weighted by Crippen LogP contribution is 2.70. The van der Waals surface area contributed by atoms with Gasteiger partial charge in [0.05, 0.1) is 19.7 Å². The van der Waals surface area contributed by atoms with E-state index >= 15 is 0 Å². The second kappa shape index (κ2) is 12.8. The van der Waals surface area contributed by atoms with Gasteiger partial charge >= 0.3 is 0 Å². The molecule has 0 fully saturated rings. The maximum absolute atomic E-state index is 13.8. The topological polar surface area (TPSA) is 34.1 Å². The SMILES string of the molecule is CCCCCCP(=O)(CC)C(C(C)C)P(=O)(CC)CCCCCC. The van der Waals surface area contributed by atoms with E-state index in [1.54, 1.807) is 0 Å². The Bertz CT molecular complexity index is 370. The molecule has 0 amide bonds. The van der Waals surface area contributed by atoms with Gasteiger partial charge in [0.1, 0.15) is 0 Å². The van der Waals surface area contributed by atoms with E-state index in [9.17, 15) is 9.13 Å². The van der Waals surface area contributed by atoms with Crippen LogP contribution in [0.4, 0.5) is 0 Å². The summed E-state index contributed by atoms with van der Waals surface area (Å²) in [5, 5.41) is -0.0387. The molecule has 146 valence electrons. The predicted octanol–water partition coefficient (Wildman–Crippen LogP) is 7.90. The quantitative estimate of drug-likeness (QED) is 0.214. The van der Waals surface area contributed by atoms with E-state index in [1.165, 1.54) is 25.7 Å². The number of rotatable bonds is 15. The van der Waals surface area contributed by atoms with Gasteiger partial charge in [0.25, 0.3) is 0 Å². The first-order valence-electron chi connectivity index (χ1n) is 10.5. The van der Waals surface area contributed by atoms with Crippen LogP contribution in [0.5, 0.6) is 0 Å². The molecule has 0 N–H and O–H groups in total. The van der Waals surface area contributed by atoms with Crippen LogP contribution in [-0.4, -0.2) is 30.0 Å². The summed E-state index contributed by atoms with van der Waals surface area (Å²) >= 11 is 0. The van der Waals surface area contributed by atoms with Gasteiger partial charge in [-0.05, 0) is 31.1 Å². The Morgan fingerprint density at radius 2 is 1.00 bits per heavy atom. The Morgan fingerprint density at radius 3 is 1.25 bits per heavy atom. The van der Waals surface area contributed by atoms with Gasteiger partial charge in [-0.25, -0.2) is 0 Å². The van der Waals surface area contributed by atoms with Crippen molar-refractivity contribution in [2.45, 2.75) is 98.3 Å². The smallest absolute Gasteiger partial charge is 0.0976 e. The molecule has 0 aliphatic rings. The van der Waals surface area contributed by atoms with Gasteiger partial charge in [0.15, 0.2) is 0 Å². The highest BCUT2D eigenvalue weighted by Gasteiger charge is 2.44. The van der Waals surface area contributed by atoms with Crippen LogP contribution in [0.3, 0.4) is 0 Å². The molecule has 0 radical (unpaired) electrons. The molecule has 4 heteroatoms. The van der Waals surface area contributed by atoms with Crippen molar-refractivity contribution in [2.24, 2.45) is 5.92 Å². The number of hydrogen-bond acceptors (Lipinski definition) is 2. The molecule has 2 atom stereocenters. The zero-order valence-corrected chi connectivity index (χ0v) is 19.1. The molecule has 0 heterocycles. The largest absolute Gasteiger partial charge is 0.323 e. The minimum absolute atomic E-state index is 0.0387. The van der Waals surface area contributed by atoms with Crippen LogP contribution in [0.2, 0.25) is 0 Å². The van der Waals surface area contributed by atoms with E-state index in [4.69, 9.17) is 0 Å². The van der Waals surface area contributed by atoms with Gasteiger partial charge in [0, 0.05) is 12.3 Å². The molecule has 0 aliphatic heterocycles. The Hall–Kier alpha value is 0.460. The van der Waals surface area contributed by atoms with Crippen molar-refractivity contribution in [3.05, 3.63) is 0 Å². The van der Waals surface area contributed by atoms with Crippen molar-refractivity contribution in [3.8, 4) is 0 Å². The first-order valence-corrected chi connectivity index (χ1v) is 14.8. The van der Waals surface area contributed by atoms with Gasteiger partial charge in [-0.2, -0.15) is 0 Å². The van der Waals surface area contributed by atoms with E-state index < -0.39 is 14.3 Å². The second-order valence-electron chi connectivity index (χ2n) is 7.76. The van der Waals surface area contributed by atoms with Crippen LogP contribution in [0.25, 0.3) is 0 Å². The molecule has 0 rings (SSSR count). The molecule has 0 aliphatic carbocycles. The lowest BCUT2D eigenvalue weighted by Gasteiger charge is -2.36. The first-order chi connectivity index (χ1) is 11.3. The van der Waals surface area contributed by atoms with Crippen LogP contribution >= 0.6 is 14.3 Å². The van der Waals surface area contributed by atoms with Crippen LogP contribution in [0.1, 0.15) is 92.9 Å². The molecular weight excluding hydrogens is 334 g/mol. The van der Waals surface area contributed by atoms with Gasteiger partial charge in [-0.1, -0.05) is 80.1 Å². The van der Waals surface area contributed by atoms with Crippen LogP contribution in [0.15, 0.2) is 0 Å². The molecule has 24 heavy (non-hydrogen) atoms. The fourth-order valence-corrected chi connectivity index (χ4v) is 14.4. The number of hydrogen-bond donors (Lipinski definition) is 0. The summed E-state index contributed by atoms with van der Waals surface area (Å²) in [5.74, 6) is 0.263. The lowest BCUT2D eigenvalue weighted by atomic mass is 10.2. The van der Waals surface area contributed by atoms with E-state index in [-0.39, 0.29) is 11.3 Å². The Morgan fingerprint density at radius 1 is 0.625 bits per heavy atom. The maximum Gasteiger partial charge on any atom is 0.0976 e. The highest BCUT2D eigenvalue weighted by molar-refractivity contribution is 7.81. The zero-order chi connectivity index (χ0) is 18.6. The molecule has 0 bridgehead atoms. The van der Waals surface area contributed by atoms with Crippen molar-refractivity contribution < 1.29 is 9.13 Å². The molecule has 2 unspecified atom stereocenters. The summed E-state index contributed by atoms with van der Waals surface area (Å²) in [5.41, 5.74) is 0. The monoisotopic (exact) mass is 378 g/mol. The third-order valence-corrected chi connectivity index (χ3v) is 15.3. The minimum Gasteiger partial charge on any atom is -0.323 e. The lowest BCUT2D eigenvalue weighted by molar-refractivity contribution is 0.532. The maximum atomic E-state index is 13.8. The third-order valence-electron chi connectivity index (χ3n) is 5.41. The molecule has 0 aromatic heterocycles. The summed E-state index contributed by atoms with van der Waals surface area (Å²) < 4.78 is 27.6. The van der Waals surface area contributed by atoms with Crippen molar-refractivity contribution in [1.29, 1.82) is 0 Å². The fourth-order valence-electron chi connectivity index (χ4n) is 4.04.